The van der Waals surface area contributed by atoms with Crippen molar-refractivity contribution in [2.24, 2.45) is 0 Å². The molecule has 16 heavy (non-hydrogen) atoms. The van der Waals surface area contributed by atoms with Gasteiger partial charge < -0.3 is 10.5 Å². The number of aromatic nitrogens is 1. The quantitative estimate of drug-likeness (QED) is 0.502. The number of thiazole rings is 1. The van der Waals surface area contributed by atoms with Crippen molar-refractivity contribution in [3.63, 3.8) is 0 Å². The molecular formula is C9H7N3O3S. The van der Waals surface area contributed by atoms with Crippen LogP contribution in [0, 0.1) is 10.1 Å². The molecule has 0 aliphatic heterocycles. The molecule has 0 amide bonds. The molecule has 7 heteroatoms. The number of hydrogen-bond donors (Lipinski definition) is 1. The van der Waals surface area contributed by atoms with Gasteiger partial charge in [-0.15, -0.1) is 0 Å². The van der Waals surface area contributed by atoms with E-state index in [0.717, 1.165) is 0 Å². The second-order valence-electron chi connectivity index (χ2n) is 2.88. The zero-order chi connectivity index (χ0) is 11.5. The van der Waals surface area contributed by atoms with Crippen LogP contribution in [0.15, 0.2) is 29.8 Å². The summed E-state index contributed by atoms with van der Waals surface area (Å²) in [5.41, 5.74) is 5.39. The Morgan fingerprint density at radius 3 is 2.94 bits per heavy atom. The average molecular weight is 237 g/mol. The molecule has 6 nitrogen and oxygen atoms in total. The molecular weight excluding hydrogens is 230 g/mol. The van der Waals surface area contributed by atoms with E-state index in [1.54, 1.807) is 17.6 Å². The van der Waals surface area contributed by atoms with Crippen molar-refractivity contribution in [2.75, 3.05) is 5.73 Å². The van der Waals surface area contributed by atoms with Crippen molar-refractivity contribution in [1.29, 1.82) is 0 Å². The number of nitrogens with two attached hydrogens (primary N) is 1. The Morgan fingerprint density at radius 1 is 1.50 bits per heavy atom. The van der Waals surface area contributed by atoms with E-state index in [2.05, 4.69) is 4.98 Å². The Bertz CT molecular complexity index is 513. The van der Waals surface area contributed by atoms with Crippen LogP contribution in [0.1, 0.15) is 0 Å². The second-order valence-corrected chi connectivity index (χ2v) is 3.73. The molecule has 0 radical (unpaired) electrons. The molecule has 0 bridgehead atoms. The molecule has 2 rings (SSSR count). The first-order valence-corrected chi connectivity index (χ1v) is 5.16. The first-order chi connectivity index (χ1) is 7.66. The summed E-state index contributed by atoms with van der Waals surface area (Å²) in [6.45, 7) is 0. The summed E-state index contributed by atoms with van der Waals surface area (Å²) in [4.78, 5) is 14.0. The largest absolute Gasteiger partial charge is 0.431 e. The summed E-state index contributed by atoms with van der Waals surface area (Å²) in [5, 5.41) is 12.8. The van der Waals surface area contributed by atoms with E-state index >= 15 is 0 Å². The van der Waals surface area contributed by atoms with Gasteiger partial charge in [0.05, 0.1) is 11.0 Å². The van der Waals surface area contributed by atoms with Crippen LogP contribution in [0.5, 0.6) is 10.9 Å². The maximum absolute atomic E-state index is 10.6. The van der Waals surface area contributed by atoms with Gasteiger partial charge in [0.1, 0.15) is 11.4 Å². The molecule has 0 saturated carbocycles. The molecule has 0 unspecified atom stereocenters. The van der Waals surface area contributed by atoms with Crippen molar-refractivity contribution < 1.29 is 9.66 Å². The van der Waals surface area contributed by atoms with Crippen LogP contribution < -0.4 is 10.5 Å². The van der Waals surface area contributed by atoms with Gasteiger partial charge in [-0.2, -0.15) is 0 Å². The fourth-order valence-electron chi connectivity index (χ4n) is 1.11. The number of nitro groups is 1. The summed E-state index contributed by atoms with van der Waals surface area (Å²) < 4.78 is 5.31. The summed E-state index contributed by atoms with van der Waals surface area (Å²) in [6.07, 6.45) is 1.59. The minimum absolute atomic E-state index is 0.108. The van der Waals surface area contributed by atoms with Gasteiger partial charge in [-0.1, -0.05) is 11.3 Å². The number of nitro benzene ring substituents is 1. The van der Waals surface area contributed by atoms with Gasteiger partial charge in [0.15, 0.2) is 0 Å². The van der Waals surface area contributed by atoms with Crippen LogP contribution in [-0.4, -0.2) is 9.91 Å². The molecule has 1 aromatic carbocycles. The number of rotatable bonds is 3. The third-order valence-corrected chi connectivity index (χ3v) is 2.46. The van der Waals surface area contributed by atoms with Crippen LogP contribution in [-0.2, 0) is 0 Å². The SMILES string of the molecule is Nc1ccc(Oc2nccs2)cc1[N+](=O)[O-]. The Hall–Kier alpha value is -2.15. The number of anilines is 1. The summed E-state index contributed by atoms with van der Waals surface area (Å²) in [5.74, 6) is 0.343. The second kappa shape index (κ2) is 4.15. The molecule has 0 fully saturated rings. The van der Waals surface area contributed by atoms with Gasteiger partial charge in [0.2, 0.25) is 0 Å². The van der Waals surface area contributed by atoms with Gasteiger partial charge in [-0.25, -0.2) is 4.98 Å². The average Bonchev–Trinajstić information content (AvgIpc) is 2.73. The molecule has 0 saturated heterocycles. The highest BCUT2D eigenvalue weighted by molar-refractivity contribution is 7.11. The van der Waals surface area contributed by atoms with Gasteiger partial charge in [-0.3, -0.25) is 10.1 Å². The number of nitrogen functional groups attached to an aromatic ring is 1. The Balaban J connectivity index is 2.29. The predicted octanol–water partition coefficient (Wildman–Crippen LogP) is 2.43. The normalized spacial score (nSPS) is 10.0. The topological polar surface area (TPSA) is 91.3 Å². The summed E-state index contributed by atoms with van der Waals surface area (Å²) in [6, 6.07) is 4.27. The minimum atomic E-state index is -0.552. The lowest BCUT2D eigenvalue weighted by Gasteiger charge is -2.02. The zero-order valence-corrected chi connectivity index (χ0v) is 8.81. The Labute approximate surface area is 94.5 Å². The van der Waals surface area contributed by atoms with Crippen molar-refractivity contribution in [2.45, 2.75) is 0 Å². The summed E-state index contributed by atoms with van der Waals surface area (Å²) in [7, 11) is 0. The Morgan fingerprint density at radius 2 is 2.31 bits per heavy atom. The van der Waals surface area contributed by atoms with Crippen molar-refractivity contribution >= 4 is 22.7 Å². The van der Waals surface area contributed by atoms with Crippen molar-refractivity contribution in [3.8, 4) is 10.9 Å². The van der Waals surface area contributed by atoms with E-state index in [9.17, 15) is 10.1 Å². The fraction of sp³-hybridized carbons (Fsp3) is 0. The van der Waals surface area contributed by atoms with Crippen molar-refractivity contribution in [3.05, 3.63) is 39.9 Å². The number of hydrogen-bond acceptors (Lipinski definition) is 6. The Kier molecular flexibility index (Phi) is 2.69. The lowest BCUT2D eigenvalue weighted by atomic mass is 10.2. The molecule has 0 aliphatic carbocycles. The predicted molar refractivity (Wildman–Crippen MR) is 59.7 cm³/mol. The third kappa shape index (κ3) is 2.09. The highest BCUT2D eigenvalue weighted by atomic mass is 32.1. The van der Waals surface area contributed by atoms with Gasteiger partial charge in [-0.05, 0) is 12.1 Å². The monoisotopic (exact) mass is 237 g/mol. The van der Waals surface area contributed by atoms with E-state index in [1.165, 1.54) is 23.5 Å². The van der Waals surface area contributed by atoms with Crippen molar-refractivity contribution in [1.82, 2.24) is 4.98 Å². The lowest BCUT2D eigenvalue weighted by Crippen LogP contribution is -1.95. The molecule has 1 aromatic heterocycles. The van der Waals surface area contributed by atoms with E-state index < -0.39 is 4.92 Å². The lowest BCUT2D eigenvalue weighted by molar-refractivity contribution is -0.384. The minimum Gasteiger partial charge on any atom is -0.431 e. The molecule has 0 atom stereocenters. The van der Waals surface area contributed by atoms with Crippen LogP contribution >= 0.6 is 11.3 Å². The number of nitrogens with zero attached hydrogens (tertiary/aromatic N) is 2. The first-order valence-electron chi connectivity index (χ1n) is 4.28. The molecule has 2 aromatic rings. The molecule has 82 valence electrons. The molecule has 0 aliphatic rings. The highest BCUT2D eigenvalue weighted by Gasteiger charge is 2.13. The van der Waals surface area contributed by atoms with Crippen LogP contribution in [0.2, 0.25) is 0 Å². The molecule has 2 N–H and O–H groups in total. The number of benzene rings is 1. The van der Waals surface area contributed by atoms with E-state index in [-0.39, 0.29) is 11.4 Å². The zero-order valence-electron chi connectivity index (χ0n) is 7.99. The van der Waals surface area contributed by atoms with Gasteiger partial charge >= 0.3 is 0 Å². The molecule has 0 spiro atoms. The maximum atomic E-state index is 10.6. The van der Waals surface area contributed by atoms with E-state index in [1.807, 2.05) is 0 Å². The van der Waals surface area contributed by atoms with E-state index in [0.29, 0.717) is 10.9 Å². The maximum Gasteiger partial charge on any atom is 0.295 e. The van der Waals surface area contributed by atoms with Gasteiger partial charge in [0, 0.05) is 11.6 Å². The third-order valence-electron chi connectivity index (χ3n) is 1.81. The first kappa shape index (κ1) is 10.4. The number of ether oxygens (including phenoxy) is 1. The van der Waals surface area contributed by atoms with Gasteiger partial charge in [0.25, 0.3) is 10.9 Å². The van der Waals surface area contributed by atoms with Crippen LogP contribution in [0.3, 0.4) is 0 Å². The molecule has 1 heterocycles. The fourth-order valence-corrected chi connectivity index (χ4v) is 1.61. The smallest absolute Gasteiger partial charge is 0.295 e. The van der Waals surface area contributed by atoms with E-state index in [4.69, 9.17) is 10.5 Å². The highest BCUT2D eigenvalue weighted by Crippen LogP contribution is 2.30. The van der Waals surface area contributed by atoms with Crippen LogP contribution in [0.4, 0.5) is 11.4 Å². The standard InChI is InChI=1S/C9H7N3O3S/c10-7-2-1-6(5-8(7)12(13)14)15-9-11-3-4-16-9/h1-5H,10H2. The summed E-state index contributed by atoms with van der Waals surface area (Å²) >= 11 is 1.30. The van der Waals surface area contributed by atoms with Crippen LogP contribution in [0.25, 0.3) is 0 Å².